The number of carbonyl (C=O) groups is 1. The maximum atomic E-state index is 13.0. The van der Waals surface area contributed by atoms with Crippen LogP contribution in [-0.4, -0.2) is 57.4 Å². The number of halogens is 1. The summed E-state index contributed by atoms with van der Waals surface area (Å²) in [5, 5.41) is 3.03. The maximum Gasteiger partial charge on any atom is 0.275 e. The molecule has 2 N–H and O–H groups in total. The fourth-order valence-corrected chi connectivity index (χ4v) is 4.66. The highest BCUT2D eigenvalue weighted by molar-refractivity contribution is 7.89. The molecule has 2 aliphatic rings. The smallest absolute Gasteiger partial charge is 0.275 e. The van der Waals surface area contributed by atoms with Gasteiger partial charge in [-0.25, -0.2) is 12.8 Å². The maximum absolute atomic E-state index is 13.0. The van der Waals surface area contributed by atoms with E-state index >= 15 is 0 Å². The molecule has 1 aliphatic heterocycles. The summed E-state index contributed by atoms with van der Waals surface area (Å²) in [5.74, 6) is 0.195. The molecule has 0 bridgehead atoms. The predicted molar refractivity (Wildman–Crippen MR) is 91.1 cm³/mol. The Hall–Kier alpha value is -1.51. The lowest BCUT2D eigenvalue weighted by Gasteiger charge is -2.31. The molecule has 0 spiro atoms. The molecule has 1 aliphatic carbocycles. The molecule has 1 saturated carbocycles. The number of piperazine rings is 1. The number of benzene rings is 1. The molecule has 0 aromatic heterocycles. The Morgan fingerprint density at radius 3 is 2.44 bits per heavy atom. The molecular weight excluding hydrogens is 345 g/mol. The van der Waals surface area contributed by atoms with E-state index < -0.39 is 15.8 Å². The second kappa shape index (κ2) is 7.39. The average molecular weight is 370 g/mol. The van der Waals surface area contributed by atoms with Gasteiger partial charge in [0.1, 0.15) is 5.82 Å². The molecule has 0 unspecified atom stereocenters. The van der Waals surface area contributed by atoms with Crippen LogP contribution in [-0.2, 0) is 14.8 Å². The number of nitrogens with zero attached hydrogens (tertiary/aromatic N) is 1. The van der Waals surface area contributed by atoms with Crippen LogP contribution >= 0.6 is 0 Å². The Labute approximate surface area is 148 Å². The van der Waals surface area contributed by atoms with Gasteiger partial charge in [-0.05, 0) is 49.9 Å². The number of quaternary nitrogens is 1. The molecule has 1 aromatic rings. The van der Waals surface area contributed by atoms with Gasteiger partial charge in [0.2, 0.25) is 10.0 Å². The Morgan fingerprint density at radius 2 is 1.88 bits per heavy atom. The molecule has 1 saturated heterocycles. The van der Waals surface area contributed by atoms with Crippen molar-refractivity contribution >= 4 is 15.9 Å². The Bertz CT molecular complexity index is 711. The molecule has 1 aromatic carbocycles. The Balaban J connectivity index is 1.50. The summed E-state index contributed by atoms with van der Waals surface area (Å²) in [6, 6.07) is 5.11. The number of rotatable bonds is 6. The standard InChI is InChI=1S/C17H24FN3O3S/c1-13(14-2-3-14)19-17(22)12-20-8-10-21(11-9-20)25(23,24)16-6-4-15(18)5-7-16/h4-7,13-14H,2-3,8-12H2,1H3,(H,19,22)/p+1/t13-/m0/s1. The minimum absolute atomic E-state index is 0.0317. The van der Waals surface area contributed by atoms with Crippen molar-refractivity contribution in [1.82, 2.24) is 9.62 Å². The van der Waals surface area contributed by atoms with E-state index in [-0.39, 0.29) is 16.8 Å². The van der Waals surface area contributed by atoms with Gasteiger partial charge in [0.15, 0.2) is 6.54 Å². The molecule has 138 valence electrons. The van der Waals surface area contributed by atoms with E-state index in [4.69, 9.17) is 0 Å². The Kier molecular flexibility index (Phi) is 5.41. The summed E-state index contributed by atoms with van der Waals surface area (Å²) < 4.78 is 39.5. The van der Waals surface area contributed by atoms with E-state index in [9.17, 15) is 17.6 Å². The summed E-state index contributed by atoms with van der Waals surface area (Å²) in [5.41, 5.74) is 0. The van der Waals surface area contributed by atoms with Gasteiger partial charge >= 0.3 is 0 Å². The minimum Gasteiger partial charge on any atom is -0.348 e. The summed E-state index contributed by atoms with van der Waals surface area (Å²) in [4.78, 5) is 13.3. The van der Waals surface area contributed by atoms with Crippen LogP contribution < -0.4 is 10.2 Å². The second-order valence-electron chi connectivity index (χ2n) is 6.98. The highest BCUT2D eigenvalue weighted by atomic mass is 32.2. The Morgan fingerprint density at radius 1 is 1.28 bits per heavy atom. The lowest BCUT2D eigenvalue weighted by Crippen LogP contribution is -3.15. The quantitative estimate of drug-likeness (QED) is 0.718. The molecule has 3 rings (SSSR count). The van der Waals surface area contributed by atoms with Crippen LogP contribution in [0.25, 0.3) is 0 Å². The molecule has 25 heavy (non-hydrogen) atoms. The molecule has 1 heterocycles. The lowest BCUT2D eigenvalue weighted by atomic mass is 10.2. The number of nitrogens with one attached hydrogen (secondary N) is 2. The summed E-state index contributed by atoms with van der Waals surface area (Å²) in [6.07, 6.45) is 2.38. The molecule has 2 fully saturated rings. The van der Waals surface area contributed by atoms with Crippen molar-refractivity contribution in [2.45, 2.75) is 30.7 Å². The van der Waals surface area contributed by atoms with Crippen LogP contribution in [0.15, 0.2) is 29.2 Å². The highest BCUT2D eigenvalue weighted by Crippen LogP contribution is 2.32. The van der Waals surface area contributed by atoms with E-state index in [0.29, 0.717) is 38.6 Å². The lowest BCUT2D eigenvalue weighted by molar-refractivity contribution is -0.895. The SMILES string of the molecule is C[C@H](NC(=O)C[NH+]1CCN(S(=O)(=O)c2ccc(F)cc2)CC1)C1CC1. The van der Waals surface area contributed by atoms with E-state index in [1.165, 1.54) is 29.3 Å². The summed E-state index contributed by atoms with van der Waals surface area (Å²) >= 11 is 0. The normalized spacial score (nSPS) is 21.0. The number of carbonyl (C=O) groups excluding carboxylic acids is 1. The zero-order chi connectivity index (χ0) is 18.0. The molecule has 1 amide bonds. The van der Waals surface area contributed by atoms with Crippen molar-refractivity contribution < 1.29 is 22.5 Å². The zero-order valence-corrected chi connectivity index (χ0v) is 15.2. The largest absolute Gasteiger partial charge is 0.348 e. The molecule has 6 nitrogen and oxygen atoms in total. The first-order chi connectivity index (χ1) is 11.9. The summed E-state index contributed by atoms with van der Waals surface area (Å²) in [6.45, 7) is 4.32. The van der Waals surface area contributed by atoms with Crippen molar-refractivity contribution in [2.24, 2.45) is 5.92 Å². The van der Waals surface area contributed by atoms with Gasteiger partial charge in [0, 0.05) is 6.04 Å². The number of sulfonamides is 1. The van der Waals surface area contributed by atoms with Crippen LogP contribution in [0, 0.1) is 11.7 Å². The van der Waals surface area contributed by atoms with Crippen molar-refractivity contribution in [3.8, 4) is 0 Å². The third-order valence-corrected chi connectivity index (χ3v) is 6.92. The minimum atomic E-state index is -3.60. The van der Waals surface area contributed by atoms with Gasteiger partial charge in [-0.3, -0.25) is 4.79 Å². The predicted octanol–water partition coefficient (Wildman–Crippen LogP) is -0.370. The fourth-order valence-electron chi connectivity index (χ4n) is 3.22. The third-order valence-electron chi connectivity index (χ3n) is 5.01. The van der Waals surface area contributed by atoms with Crippen molar-refractivity contribution in [3.05, 3.63) is 30.1 Å². The van der Waals surface area contributed by atoms with Crippen LogP contribution in [0.2, 0.25) is 0 Å². The first-order valence-electron chi connectivity index (χ1n) is 8.75. The number of hydrogen-bond acceptors (Lipinski definition) is 3. The van der Waals surface area contributed by atoms with E-state index in [1.807, 2.05) is 6.92 Å². The van der Waals surface area contributed by atoms with Crippen molar-refractivity contribution in [1.29, 1.82) is 0 Å². The zero-order valence-electron chi connectivity index (χ0n) is 14.4. The van der Waals surface area contributed by atoms with E-state index in [2.05, 4.69) is 5.32 Å². The molecule has 8 heteroatoms. The van der Waals surface area contributed by atoms with E-state index in [1.54, 1.807) is 0 Å². The van der Waals surface area contributed by atoms with Gasteiger partial charge in [-0.15, -0.1) is 0 Å². The van der Waals surface area contributed by atoms with Crippen molar-refractivity contribution in [3.63, 3.8) is 0 Å². The van der Waals surface area contributed by atoms with Gasteiger partial charge in [-0.1, -0.05) is 0 Å². The van der Waals surface area contributed by atoms with Crippen LogP contribution in [0.1, 0.15) is 19.8 Å². The second-order valence-corrected chi connectivity index (χ2v) is 8.92. The first kappa shape index (κ1) is 18.3. The van der Waals surface area contributed by atoms with Gasteiger partial charge in [0.05, 0.1) is 31.1 Å². The first-order valence-corrected chi connectivity index (χ1v) is 10.2. The fraction of sp³-hybridized carbons (Fsp3) is 0.588. The summed E-state index contributed by atoms with van der Waals surface area (Å²) in [7, 11) is -3.60. The topological polar surface area (TPSA) is 70.9 Å². The number of hydrogen-bond donors (Lipinski definition) is 2. The van der Waals surface area contributed by atoms with Gasteiger partial charge < -0.3 is 10.2 Å². The van der Waals surface area contributed by atoms with Gasteiger partial charge in [-0.2, -0.15) is 4.31 Å². The number of amides is 1. The van der Waals surface area contributed by atoms with Crippen LogP contribution in [0.5, 0.6) is 0 Å². The molecule has 0 radical (unpaired) electrons. The van der Waals surface area contributed by atoms with E-state index in [0.717, 1.165) is 17.0 Å². The average Bonchev–Trinajstić information content (AvgIpc) is 3.40. The van der Waals surface area contributed by atoms with Gasteiger partial charge in [0.25, 0.3) is 5.91 Å². The van der Waals surface area contributed by atoms with Crippen LogP contribution in [0.3, 0.4) is 0 Å². The van der Waals surface area contributed by atoms with Crippen LogP contribution in [0.4, 0.5) is 4.39 Å². The van der Waals surface area contributed by atoms with Crippen molar-refractivity contribution in [2.75, 3.05) is 32.7 Å². The third kappa shape index (κ3) is 4.56. The molecular formula is C17H25FN3O3S+. The molecule has 1 atom stereocenters. The monoisotopic (exact) mass is 370 g/mol. The highest BCUT2D eigenvalue weighted by Gasteiger charge is 2.32.